The van der Waals surface area contributed by atoms with Crippen LogP contribution in [0.4, 0.5) is 5.82 Å². The van der Waals surface area contributed by atoms with E-state index in [0.717, 1.165) is 17.5 Å². The zero-order valence-corrected chi connectivity index (χ0v) is 15.8. The number of rotatable bonds is 7. The molecule has 0 aliphatic heterocycles. The molecule has 0 atom stereocenters. The molecule has 3 rings (SSSR count). The van der Waals surface area contributed by atoms with Crippen LogP contribution in [0.5, 0.6) is 0 Å². The van der Waals surface area contributed by atoms with Gasteiger partial charge in [0.2, 0.25) is 0 Å². The van der Waals surface area contributed by atoms with E-state index in [1.54, 1.807) is 29.1 Å². The fourth-order valence-electron chi connectivity index (χ4n) is 2.75. The molecule has 0 radical (unpaired) electrons. The predicted molar refractivity (Wildman–Crippen MR) is 104 cm³/mol. The summed E-state index contributed by atoms with van der Waals surface area (Å²) >= 11 is 0. The van der Waals surface area contributed by atoms with Crippen molar-refractivity contribution in [2.75, 3.05) is 4.72 Å². The van der Waals surface area contributed by atoms with E-state index < -0.39 is 10.0 Å². The molecule has 2 aromatic carbocycles. The van der Waals surface area contributed by atoms with Crippen LogP contribution in [0.15, 0.2) is 71.8 Å². The maximum atomic E-state index is 12.5. The molecule has 0 amide bonds. The van der Waals surface area contributed by atoms with Crippen molar-refractivity contribution in [2.45, 2.75) is 31.7 Å². The van der Waals surface area contributed by atoms with Crippen molar-refractivity contribution in [3.63, 3.8) is 0 Å². The Kier molecular flexibility index (Phi) is 5.42. The number of anilines is 1. The van der Waals surface area contributed by atoms with Gasteiger partial charge in [0.05, 0.1) is 11.4 Å². The van der Waals surface area contributed by atoms with E-state index in [1.165, 1.54) is 0 Å². The standard InChI is InChI=1S/C20H23N3O2S/c1-16(2)14-17-8-10-19(11-9-17)26(24,25)22-20-12-13-23(21-20)15-18-6-4-3-5-7-18/h3-13,16H,14-15H2,1-2H3,(H,21,22). The Hall–Kier alpha value is -2.60. The van der Waals surface area contributed by atoms with Gasteiger partial charge < -0.3 is 0 Å². The number of hydrogen-bond donors (Lipinski definition) is 1. The maximum absolute atomic E-state index is 12.5. The highest BCUT2D eigenvalue weighted by molar-refractivity contribution is 7.92. The second-order valence-electron chi connectivity index (χ2n) is 6.73. The third-order valence-corrected chi connectivity index (χ3v) is 5.32. The van der Waals surface area contributed by atoms with Crippen molar-refractivity contribution in [3.8, 4) is 0 Å². The monoisotopic (exact) mass is 369 g/mol. The van der Waals surface area contributed by atoms with Crippen LogP contribution in [0.25, 0.3) is 0 Å². The van der Waals surface area contributed by atoms with Crippen LogP contribution in [0.3, 0.4) is 0 Å². The number of nitrogens with one attached hydrogen (secondary N) is 1. The Balaban J connectivity index is 1.69. The lowest BCUT2D eigenvalue weighted by Gasteiger charge is -2.08. The minimum absolute atomic E-state index is 0.239. The first kappa shape index (κ1) is 18.2. The average Bonchev–Trinajstić information content (AvgIpc) is 3.02. The zero-order valence-electron chi connectivity index (χ0n) is 15.0. The van der Waals surface area contributed by atoms with Crippen LogP contribution >= 0.6 is 0 Å². The fourth-order valence-corrected chi connectivity index (χ4v) is 3.74. The molecule has 1 heterocycles. The lowest BCUT2D eigenvalue weighted by molar-refractivity contribution is 0.600. The molecule has 1 N–H and O–H groups in total. The van der Waals surface area contributed by atoms with Gasteiger partial charge in [0, 0.05) is 12.3 Å². The molecule has 1 aromatic heterocycles. The van der Waals surface area contributed by atoms with E-state index in [2.05, 4.69) is 23.7 Å². The van der Waals surface area contributed by atoms with E-state index in [0.29, 0.717) is 18.3 Å². The van der Waals surface area contributed by atoms with Crippen molar-refractivity contribution in [2.24, 2.45) is 5.92 Å². The first-order chi connectivity index (χ1) is 12.4. The molecular formula is C20H23N3O2S. The van der Waals surface area contributed by atoms with Gasteiger partial charge in [-0.25, -0.2) is 8.42 Å². The Labute approximate surface area is 154 Å². The molecule has 0 saturated heterocycles. The first-order valence-electron chi connectivity index (χ1n) is 8.61. The third kappa shape index (κ3) is 4.73. The zero-order chi connectivity index (χ0) is 18.6. The molecule has 5 nitrogen and oxygen atoms in total. The van der Waals surface area contributed by atoms with E-state index in [4.69, 9.17) is 0 Å². The van der Waals surface area contributed by atoms with Crippen molar-refractivity contribution in [1.29, 1.82) is 0 Å². The summed E-state index contributed by atoms with van der Waals surface area (Å²) in [7, 11) is -3.64. The summed E-state index contributed by atoms with van der Waals surface area (Å²) in [6, 6.07) is 18.6. The van der Waals surface area contributed by atoms with Crippen molar-refractivity contribution in [3.05, 3.63) is 78.0 Å². The maximum Gasteiger partial charge on any atom is 0.263 e. The third-order valence-electron chi connectivity index (χ3n) is 3.94. The van der Waals surface area contributed by atoms with Crippen LogP contribution in [0.2, 0.25) is 0 Å². The highest BCUT2D eigenvalue weighted by Gasteiger charge is 2.15. The molecular weight excluding hydrogens is 346 g/mol. The van der Waals surface area contributed by atoms with Gasteiger partial charge in [0.15, 0.2) is 5.82 Å². The Bertz CT molecular complexity index is 946. The molecule has 3 aromatic rings. The van der Waals surface area contributed by atoms with Gasteiger partial charge in [-0.1, -0.05) is 56.3 Å². The van der Waals surface area contributed by atoms with Crippen LogP contribution in [0.1, 0.15) is 25.0 Å². The summed E-state index contributed by atoms with van der Waals surface area (Å²) in [5, 5.41) is 4.30. The lowest BCUT2D eigenvalue weighted by Crippen LogP contribution is -2.14. The lowest BCUT2D eigenvalue weighted by atomic mass is 10.0. The predicted octanol–water partition coefficient (Wildman–Crippen LogP) is 3.93. The summed E-state index contributed by atoms with van der Waals surface area (Å²) < 4.78 is 29.3. The number of hydrogen-bond acceptors (Lipinski definition) is 3. The summed E-state index contributed by atoms with van der Waals surface area (Å²) in [4.78, 5) is 0.239. The second kappa shape index (κ2) is 7.74. The van der Waals surface area contributed by atoms with Gasteiger partial charge in [-0.15, -0.1) is 0 Å². The Morgan fingerprint density at radius 2 is 1.65 bits per heavy atom. The first-order valence-corrected chi connectivity index (χ1v) is 10.1. The van der Waals surface area contributed by atoms with Gasteiger partial charge in [-0.3, -0.25) is 9.40 Å². The van der Waals surface area contributed by atoms with Crippen molar-refractivity contribution < 1.29 is 8.42 Å². The second-order valence-corrected chi connectivity index (χ2v) is 8.41. The van der Waals surface area contributed by atoms with E-state index in [-0.39, 0.29) is 4.90 Å². The Morgan fingerprint density at radius 3 is 2.31 bits per heavy atom. The molecule has 0 bridgehead atoms. The molecule has 0 spiro atoms. The normalized spacial score (nSPS) is 11.7. The van der Waals surface area contributed by atoms with Gasteiger partial charge in [-0.2, -0.15) is 5.10 Å². The summed E-state index contributed by atoms with van der Waals surface area (Å²) in [6.45, 7) is 4.86. The minimum Gasteiger partial charge on any atom is -0.266 e. The highest BCUT2D eigenvalue weighted by atomic mass is 32.2. The number of aromatic nitrogens is 2. The summed E-state index contributed by atoms with van der Waals surface area (Å²) in [6.07, 6.45) is 2.69. The molecule has 0 unspecified atom stereocenters. The van der Waals surface area contributed by atoms with E-state index in [1.807, 2.05) is 42.5 Å². The summed E-state index contributed by atoms with van der Waals surface area (Å²) in [5.41, 5.74) is 2.23. The van der Waals surface area contributed by atoms with Gasteiger partial charge in [-0.05, 0) is 35.6 Å². The quantitative estimate of drug-likeness (QED) is 0.686. The van der Waals surface area contributed by atoms with E-state index in [9.17, 15) is 8.42 Å². The van der Waals surface area contributed by atoms with Crippen molar-refractivity contribution >= 4 is 15.8 Å². The average molecular weight is 369 g/mol. The van der Waals surface area contributed by atoms with Crippen LogP contribution in [0, 0.1) is 5.92 Å². The fraction of sp³-hybridized carbons (Fsp3) is 0.250. The highest BCUT2D eigenvalue weighted by Crippen LogP contribution is 2.17. The Morgan fingerprint density at radius 1 is 0.962 bits per heavy atom. The molecule has 0 saturated carbocycles. The number of benzene rings is 2. The van der Waals surface area contributed by atoms with Gasteiger partial charge in [0.25, 0.3) is 10.0 Å². The van der Waals surface area contributed by atoms with E-state index >= 15 is 0 Å². The van der Waals surface area contributed by atoms with Gasteiger partial charge in [0.1, 0.15) is 0 Å². The number of nitrogens with zero attached hydrogens (tertiary/aromatic N) is 2. The molecule has 136 valence electrons. The molecule has 0 fully saturated rings. The molecule has 0 aliphatic rings. The molecule has 6 heteroatoms. The SMILES string of the molecule is CC(C)Cc1ccc(S(=O)(=O)Nc2ccn(Cc3ccccc3)n2)cc1. The smallest absolute Gasteiger partial charge is 0.263 e. The number of sulfonamides is 1. The van der Waals surface area contributed by atoms with Crippen LogP contribution in [-0.2, 0) is 23.0 Å². The molecule has 26 heavy (non-hydrogen) atoms. The van der Waals surface area contributed by atoms with Gasteiger partial charge >= 0.3 is 0 Å². The van der Waals surface area contributed by atoms with Crippen molar-refractivity contribution in [1.82, 2.24) is 9.78 Å². The largest absolute Gasteiger partial charge is 0.266 e. The van der Waals surface area contributed by atoms with Crippen LogP contribution < -0.4 is 4.72 Å². The summed E-state index contributed by atoms with van der Waals surface area (Å²) in [5.74, 6) is 0.844. The molecule has 0 aliphatic carbocycles. The topological polar surface area (TPSA) is 64.0 Å². The van der Waals surface area contributed by atoms with Crippen LogP contribution in [-0.4, -0.2) is 18.2 Å². The minimum atomic E-state index is -3.64.